The number of hydrogen-bond acceptors (Lipinski definition) is 15. The number of aliphatic hydroxyl groups is 3. The molecule has 364 valence electrons. The van der Waals surface area contributed by atoms with Crippen LogP contribution in [0.1, 0.15) is 51.0 Å². The number of primary amides is 1. The third kappa shape index (κ3) is 15.7. The summed E-state index contributed by atoms with van der Waals surface area (Å²) in [6, 6.07) is -3.20. The van der Waals surface area contributed by atoms with Crippen LogP contribution in [0.25, 0.3) is 0 Å². The van der Waals surface area contributed by atoms with E-state index in [0.29, 0.717) is 18.4 Å². The number of carbonyl (C=O) groups is 11. The monoisotopic (exact) mass is 933 g/mol. The van der Waals surface area contributed by atoms with Crippen LogP contribution < -0.4 is 48.7 Å². The first-order chi connectivity index (χ1) is 31.3. The zero-order valence-electron chi connectivity index (χ0n) is 36.2. The number of carbonyl (C=O) groups excluding carboxylic acids is 10. The lowest BCUT2D eigenvalue weighted by Crippen LogP contribution is -2.61. The van der Waals surface area contributed by atoms with Gasteiger partial charge in [-0.05, 0) is 44.6 Å². The second-order valence-corrected chi connectivity index (χ2v) is 15.5. The van der Waals surface area contributed by atoms with E-state index in [0.717, 1.165) is 4.90 Å². The van der Waals surface area contributed by atoms with Gasteiger partial charge in [0.1, 0.15) is 48.3 Å². The van der Waals surface area contributed by atoms with Crippen molar-refractivity contribution in [3.05, 3.63) is 35.9 Å². The number of likely N-dealkylation sites (tertiary alicyclic amines) is 2. The molecule has 0 radical (unpaired) electrons. The molecule has 2 aliphatic heterocycles. The van der Waals surface area contributed by atoms with E-state index >= 15 is 0 Å². The molecule has 0 aliphatic carbocycles. The first kappa shape index (κ1) is 53.6. The second-order valence-electron chi connectivity index (χ2n) is 15.5. The summed E-state index contributed by atoms with van der Waals surface area (Å²) in [5, 5.41) is 54.8. The third-order valence-corrected chi connectivity index (χ3v) is 10.7. The summed E-state index contributed by atoms with van der Waals surface area (Å²) in [4.78, 5) is 144. The molecule has 0 aromatic heterocycles. The van der Waals surface area contributed by atoms with Crippen molar-refractivity contribution in [1.29, 1.82) is 0 Å². The number of carboxylic acids is 1. The fourth-order valence-corrected chi connectivity index (χ4v) is 7.13. The fraction of sp³-hybridized carbons (Fsp3) is 0.575. The van der Waals surface area contributed by atoms with Gasteiger partial charge in [0.25, 0.3) is 0 Å². The fourth-order valence-electron chi connectivity index (χ4n) is 7.13. The van der Waals surface area contributed by atoms with Gasteiger partial charge in [0.2, 0.25) is 59.1 Å². The summed E-state index contributed by atoms with van der Waals surface area (Å²) in [5.74, 6) is -10.1. The van der Waals surface area contributed by atoms with Crippen molar-refractivity contribution in [3.8, 4) is 0 Å². The smallest absolute Gasteiger partial charge is 0.328 e. The molecule has 26 heteroatoms. The summed E-state index contributed by atoms with van der Waals surface area (Å²) < 4.78 is 0. The molecular weight excluding hydrogens is 875 g/mol. The summed E-state index contributed by atoms with van der Waals surface area (Å²) in [6.45, 7) is -2.34. The van der Waals surface area contributed by atoms with Gasteiger partial charge in [-0.2, -0.15) is 0 Å². The number of amides is 10. The van der Waals surface area contributed by atoms with Crippen molar-refractivity contribution >= 4 is 65.0 Å². The van der Waals surface area contributed by atoms with Crippen LogP contribution in [0.4, 0.5) is 0 Å². The molecule has 0 spiro atoms. The average molecular weight is 934 g/mol. The summed E-state index contributed by atoms with van der Waals surface area (Å²) in [7, 11) is 0. The molecule has 2 aliphatic rings. The van der Waals surface area contributed by atoms with Crippen LogP contribution in [0.3, 0.4) is 0 Å². The molecule has 2 saturated heterocycles. The zero-order chi connectivity index (χ0) is 49.1. The lowest BCUT2D eigenvalue weighted by atomic mass is 10.0. The van der Waals surface area contributed by atoms with Crippen molar-refractivity contribution in [3.63, 3.8) is 0 Å². The molecule has 1 aromatic carbocycles. The van der Waals surface area contributed by atoms with Gasteiger partial charge in [-0.25, -0.2) is 4.79 Å². The Balaban J connectivity index is 1.70. The van der Waals surface area contributed by atoms with Crippen molar-refractivity contribution in [1.82, 2.24) is 47.0 Å². The molecule has 2 heterocycles. The summed E-state index contributed by atoms with van der Waals surface area (Å²) >= 11 is 0. The van der Waals surface area contributed by atoms with Crippen molar-refractivity contribution < 1.29 is 73.2 Å². The number of aliphatic hydroxyl groups excluding tert-OH is 3. The van der Waals surface area contributed by atoms with Crippen LogP contribution in [0.2, 0.25) is 0 Å². The van der Waals surface area contributed by atoms with Crippen LogP contribution in [-0.4, -0.2) is 190 Å². The van der Waals surface area contributed by atoms with E-state index in [1.165, 1.54) is 11.8 Å². The Labute approximate surface area is 378 Å². The largest absolute Gasteiger partial charge is 0.480 e. The molecular formula is C40H59N11O15. The van der Waals surface area contributed by atoms with Gasteiger partial charge in [0.05, 0.1) is 32.9 Å². The molecule has 8 atom stereocenters. The maximum absolute atomic E-state index is 13.9. The van der Waals surface area contributed by atoms with Gasteiger partial charge in [-0.1, -0.05) is 30.3 Å². The van der Waals surface area contributed by atoms with Crippen LogP contribution in [0, 0.1) is 0 Å². The maximum atomic E-state index is 13.9. The lowest BCUT2D eigenvalue weighted by molar-refractivity contribution is -0.146. The molecule has 0 unspecified atom stereocenters. The SMILES string of the molecule is C[C@H](NC(=O)[C@H](CCC(N)=O)NC(=O)[C@H](Cc1ccccc1)NC(=O)[C@@H]1CCCN1C(=O)CNC(=O)CN)C(=O)N[C@@H](CO)C(=O)N[C@@H](CO)C(=O)N1CCC[C@H]1C(=O)N[C@@H](CO)C(=O)O. The zero-order valence-corrected chi connectivity index (χ0v) is 36.2. The number of carboxylic acid groups (broad SMARTS) is 1. The molecule has 10 amide bonds. The van der Waals surface area contributed by atoms with Gasteiger partial charge in [0, 0.05) is 25.9 Å². The van der Waals surface area contributed by atoms with Crippen molar-refractivity contribution in [2.24, 2.45) is 11.5 Å². The van der Waals surface area contributed by atoms with Gasteiger partial charge in [0.15, 0.2) is 0 Å². The topological polar surface area (TPSA) is 411 Å². The van der Waals surface area contributed by atoms with Gasteiger partial charge >= 0.3 is 5.97 Å². The highest BCUT2D eigenvalue weighted by atomic mass is 16.4. The van der Waals surface area contributed by atoms with E-state index in [4.69, 9.17) is 16.6 Å². The minimum absolute atomic E-state index is 0.0126. The van der Waals surface area contributed by atoms with E-state index < -0.39 is 146 Å². The van der Waals surface area contributed by atoms with E-state index in [-0.39, 0.29) is 45.3 Å². The quantitative estimate of drug-likeness (QED) is 0.0433. The Morgan fingerprint density at radius 1 is 0.667 bits per heavy atom. The summed E-state index contributed by atoms with van der Waals surface area (Å²) in [6.07, 6.45) is 0.215. The normalized spacial score (nSPS) is 18.3. The predicted octanol–water partition coefficient (Wildman–Crippen LogP) is -7.46. The predicted molar refractivity (Wildman–Crippen MR) is 226 cm³/mol. The Kier molecular flexibility index (Phi) is 21.3. The third-order valence-electron chi connectivity index (χ3n) is 10.7. The number of nitrogens with one attached hydrogen (secondary N) is 7. The number of nitrogens with two attached hydrogens (primary N) is 2. The Hall–Kier alpha value is -6.77. The molecule has 66 heavy (non-hydrogen) atoms. The molecule has 26 nitrogen and oxygen atoms in total. The van der Waals surface area contributed by atoms with Crippen LogP contribution in [0.5, 0.6) is 0 Å². The van der Waals surface area contributed by atoms with Gasteiger partial charge < -0.3 is 78.9 Å². The van der Waals surface area contributed by atoms with E-state index in [1.54, 1.807) is 30.3 Å². The molecule has 15 N–H and O–H groups in total. The highest BCUT2D eigenvalue weighted by Crippen LogP contribution is 2.20. The lowest BCUT2D eigenvalue weighted by Gasteiger charge is -2.29. The highest BCUT2D eigenvalue weighted by molar-refractivity contribution is 5.98. The van der Waals surface area contributed by atoms with Gasteiger partial charge in [-0.3, -0.25) is 47.9 Å². The number of rotatable bonds is 25. The molecule has 2 fully saturated rings. The maximum Gasteiger partial charge on any atom is 0.328 e. The molecule has 0 saturated carbocycles. The van der Waals surface area contributed by atoms with Crippen LogP contribution in [-0.2, 0) is 59.2 Å². The Bertz CT molecular complexity index is 1940. The average Bonchev–Trinajstić information content (AvgIpc) is 4.00. The standard InChI is InChI=1S/C40H59N11O15/c1-21(33(58)47-25(18-52)36(61)48-26(19-53)39(64)51-14-6-10-29(51)38(63)49-27(20-54)40(65)66)44-34(59)23(11-12-30(42)55)45-35(60)24(15-22-7-3-2-4-8-22)46-37(62)28-9-5-13-50(28)32(57)17-43-31(56)16-41/h2-4,7-8,21,23-29,52-54H,5-6,9-20,41H2,1H3,(H2,42,55)(H,43,56)(H,44,59)(H,45,60)(H,46,62)(H,47,58)(H,48,61)(H,49,63)(H,65,66)/t21-,23-,24-,25-,26-,27-,28-,29-/m0/s1. The number of hydrogen-bond donors (Lipinski definition) is 13. The van der Waals surface area contributed by atoms with Crippen molar-refractivity contribution in [2.75, 3.05) is 46.0 Å². The van der Waals surface area contributed by atoms with Crippen molar-refractivity contribution in [2.45, 2.75) is 100 Å². The molecule has 0 bridgehead atoms. The van der Waals surface area contributed by atoms with Crippen LogP contribution >= 0.6 is 0 Å². The van der Waals surface area contributed by atoms with E-state index in [1.807, 2.05) is 0 Å². The minimum Gasteiger partial charge on any atom is -0.480 e. The highest BCUT2D eigenvalue weighted by Gasteiger charge is 2.40. The minimum atomic E-state index is -1.76. The first-order valence-corrected chi connectivity index (χ1v) is 21.1. The Morgan fingerprint density at radius 3 is 1.74 bits per heavy atom. The number of aliphatic carboxylic acids is 1. The number of nitrogens with zero attached hydrogens (tertiary/aromatic N) is 2. The Morgan fingerprint density at radius 2 is 1.18 bits per heavy atom. The molecule has 1 aromatic rings. The number of benzene rings is 1. The van der Waals surface area contributed by atoms with E-state index in [2.05, 4.69) is 37.2 Å². The first-order valence-electron chi connectivity index (χ1n) is 21.1. The summed E-state index contributed by atoms with van der Waals surface area (Å²) in [5.41, 5.74) is 11.2. The van der Waals surface area contributed by atoms with Gasteiger partial charge in [-0.15, -0.1) is 0 Å². The van der Waals surface area contributed by atoms with Crippen LogP contribution in [0.15, 0.2) is 30.3 Å². The second kappa shape index (κ2) is 26.3. The molecule has 3 rings (SSSR count). The van der Waals surface area contributed by atoms with E-state index in [9.17, 15) is 68.1 Å².